The first-order valence-corrected chi connectivity index (χ1v) is 15.1. The summed E-state index contributed by atoms with van der Waals surface area (Å²) in [6.45, 7) is 3.79. The molecule has 0 bridgehead atoms. The van der Waals surface area contributed by atoms with Crippen LogP contribution in [0, 0.1) is 35.0 Å². The molecule has 3 heterocycles. The summed E-state index contributed by atoms with van der Waals surface area (Å²) in [5.41, 5.74) is -0.204. The first-order chi connectivity index (χ1) is 16.3. The van der Waals surface area contributed by atoms with Crippen LogP contribution in [0.15, 0.2) is 0 Å². The van der Waals surface area contributed by atoms with Gasteiger partial charge in [-0.05, 0) is 57.3 Å². The summed E-state index contributed by atoms with van der Waals surface area (Å²) in [5.74, 6) is 0.263. The summed E-state index contributed by atoms with van der Waals surface area (Å²) in [4.78, 5) is 13.5. The molecule has 11 heteroatoms. The van der Waals surface area contributed by atoms with Crippen molar-refractivity contribution in [1.29, 1.82) is 5.26 Å². The molecule has 9 atom stereocenters. The highest BCUT2D eigenvalue weighted by Crippen LogP contribution is 2.42. The van der Waals surface area contributed by atoms with Crippen LogP contribution in [-0.4, -0.2) is 79.6 Å². The largest absolute Gasteiger partial charge is 0.381 e. The lowest BCUT2D eigenvalue weighted by molar-refractivity contribution is -0.131. The van der Waals surface area contributed by atoms with Gasteiger partial charge in [-0.25, -0.2) is 8.42 Å². The summed E-state index contributed by atoms with van der Waals surface area (Å²) in [6, 6.07) is 2.84. The fraction of sp³-hybridized carbons (Fsp3) is 0.913. The van der Waals surface area contributed by atoms with Crippen molar-refractivity contribution in [2.45, 2.75) is 79.6 Å². The third-order valence-electron chi connectivity index (χ3n) is 8.52. The first-order valence-electron chi connectivity index (χ1n) is 12.7. The lowest BCUT2D eigenvalue weighted by Gasteiger charge is -2.44. The summed E-state index contributed by atoms with van der Waals surface area (Å²) in [7, 11) is -1.41. The second kappa shape index (κ2) is 9.87. The number of nitrogens with one attached hydrogen (secondary N) is 3. The van der Waals surface area contributed by atoms with E-state index in [2.05, 4.69) is 28.9 Å². The summed E-state index contributed by atoms with van der Waals surface area (Å²) in [5, 5.41) is 19.7. The molecule has 2 saturated carbocycles. The van der Waals surface area contributed by atoms with Gasteiger partial charge in [0.2, 0.25) is 15.9 Å². The van der Waals surface area contributed by atoms with Crippen LogP contribution in [0.2, 0.25) is 0 Å². The number of hydrogen-bond donors (Lipinski definition) is 3. The van der Waals surface area contributed by atoms with Crippen molar-refractivity contribution in [3.8, 4) is 6.07 Å². The zero-order valence-electron chi connectivity index (χ0n) is 20.0. The van der Waals surface area contributed by atoms with Gasteiger partial charge in [-0.2, -0.15) is 9.57 Å². The molecule has 0 aromatic heterocycles. The summed E-state index contributed by atoms with van der Waals surface area (Å²) in [6.07, 6.45) is 5.07. The Morgan fingerprint density at radius 3 is 2.65 bits per heavy atom. The summed E-state index contributed by atoms with van der Waals surface area (Å²) >= 11 is 1.63. The number of nitriles is 1. The fourth-order valence-corrected chi connectivity index (χ4v) is 9.87. The van der Waals surface area contributed by atoms with E-state index in [4.69, 9.17) is 4.74 Å². The van der Waals surface area contributed by atoms with Gasteiger partial charge in [0.25, 0.3) is 0 Å². The maximum absolute atomic E-state index is 13.5. The first kappa shape index (κ1) is 24.8. The monoisotopic (exact) mass is 511 g/mol. The van der Waals surface area contributed by atoms with Crippen LogP contribution in [0.5, 0.6) is 0 Å². The highest BCUT2D eigenvalue weighted by molar-refractivity contribution is 8.00. The number of thioether (sulfide) groups is 1. The average Bonchev–Trinajstić information content (AvgIpc) is 3.52. The fourth-order valence-electron chi connectivity index (χ4n) is 6.48. The maximum atomic E-state index is 13.5. The van der Waals surface area contributed by atoms with Gasteiger partial charge in [-0.15, -0.1) is 11.8 Å². The molecule has 3 saturated heterocycles. The molecule has 0 spiro atoms. The Morgan fingerprint density at radius 1 is 1.18 bits per heavy atom. The lowest BCUT2D eigenvalue weighted by atomic mass is 9.66. The Morgan fingerprint density at radius 2 is 1.97 bits per heavy atom. The van der Waals surface area contributed by atoms with Crippen LogP contribution < -0.4 is 16.0 Å². The molecule has 5 aliphatic rings. The number of nitrogens with zero attached hydrogens (tertiary/aromatic N) is 2. The van der Waals surface area contributed by atoms with E-state index in [0.29, 0.717) is 25.7 Å². The molecule has 2 aliphatic carbocycles. The van der Waals surface area contributed by atoms with E-state index in [-0.39, 0.29) is 57.7 Å². The van der Waals surface area contributed by atoms with E-state index in [1.54, 1.807) is 23.2 Å². The van der Waals surface area contributed by atoms with Crippen molar-refractivity contribution < 1.29 is 17.9 Å². The van der Waals surface area contributed by atoms with Crippen LogP contribution >= 0.6 is 11.8 Å². The molecule has 3 aliphatic heterocycles. The third kappa shape index (κ3) is 4.87. The Balaban J connectivity index is 1.21. The number of carbonyl (C=O) groups is 1. The van der Waals surface area contributed by atoms with Gasteiger partial charge >= 0.3 is 0 Å². The van der Waals surface area contributed by atoms with Crippen molar-refractivity contribution in [2.75, 3.05) is 26.7 Å². The topological polar surface area (TPSA) is 124 Å². The Kier molecular flexibility index (Phi) is 7.19. The molecule has 5 rings (SSSR count). The standard InChI is InChI=1S/C23H37N5O4S2/c1-13-7-16(17-8-14(9-24)3-6-20(17)32-2)18(10-25-13)22(29)27-23-26-19-11-28(12-21(19)33-23)34(30,31)15-4-5-15/h13-21,23,25-26H,3-8,10-12H2,1-2H3,(H,27,29). The van der Waals surface area contributed by atoms with Gasteiger partial charge in [-0.1, -0.05) is 0 Å². The molecule has 5 fully saturated rings. The van der Waals surface area contributed by atoms with Gasteiger partial charge in [-0.3, -0.25) is 10.1 Å². The molecule has 9 nitrogen and oxygen atoms in total. The Bertz CT molecular complexity index is 909. The maximum Gasteiger partial charge on any atom is 0.226 e. The zero-order chi connectivity index (χ0) is 24.0. The molecule has 0 aromatic carbocycles. The number of rotatable bonds is 6. The third-order valence-corrected chi connectivity index (χ3v) is 12.2. The number of ether oxygens (including phenoxy) is 1. The zero-order valence-corrected chi connectivity index (χ0v) is 21.6. The van der Waals surface area contributed by atoms with Crippen molar-refractivity contribution in [1.82, 2.24) is 20.3 Å². The van der Waals surface area contributed by atoms with Crippen molar-refractivity contribution in [2.24, 2.45) is 23.7 Å². The number of piperidine rings is 1. The number of amides is 1. The molecule has 0 radical (unpaired) electrons. The Labute approximate surface area is 207 Å². The molecule has 190 valence electrons. The molecular formula is C23H37N5O4S2. The lowest BCUT2D eigenvalue weighted by Crippen LogP contribution is -2.55. The average molecular weight is 512 g/mol. The minimum absolute atomic E-state index is 0.0331. The predicted octanol–water partition coefficient (Wildman–Crippen LogP) is 0.837. The van der Waals surface area contributed by atoms with Crippen molar-refractivity contribution in [3.63, 3.8) is 0 Å². The van der Waals surface area contributed by atoms with Crippen LogP contribution in [0.1, 0.15) is 45.4 Å². The van der Waals surface area contributed by atoms with E-state index in [0.717, 1.165) is 38.5 Å². The van der Waals surface area contributed by atoms with Gasteiger partial charge in [0.15, 0.2) is 0 Å². The number of methoxy groups -OCH3 is 1. The summed E-state index contributed by atoms with van der Waals surface area (Å²) < 4.78 is 32.6. The smallest absolute Gasteiger partial charge is 0.226 e. The SMILES string of the molecule is COC1CCC(C#N)CC1C1CC(C)NCC1C(=O)NC1NC2CN(S(=O)(=O)C3CC3)CC2S1. The molecule has 34 heavy (non-hydrogen) atoms. The number of fused-ring (bicyclic) bond motifs is 1. The van der Waals surface area contributed by atoms with E-state index in [1.807, 2.05) is 0 Å². The number of hydrogen-bond acceptors (Lipinski definition) is 8. The highest BCUT2D eigenvalue weighted by atomic mass is 32.2. The minimum Gasteiger partial charge on any atom is -0.381 e. The van der Waals surface area contributed by atoms with Crippen LogP contribution in [0.4, 0.5) is 0 Å². The second-order valence-corrected chi connectivity index (χ2v) is 14.4. The minimum atomic E-state index is -3.16. The predicted molar refractivity (Wildman–Crippen MR) is 130 cm³/mol. The van der Waals surface area contributed by atoms with E-state index >= 15 is 0 Å². The van der Waals surface area contributed by atoms with E-state index < -0.39 is 10.0 Å². The molecular weight excluding hydrogens is 474 g/mol. The Hall–Kier alpha value is -0.900. The van der Waals surface area contributed by atoms with Gasteiger partial charge in [0, 0.05) is 50.0 Å². The van der Waals surface area contributed by atoms with Crippen LogP contribution in [-0.2, 0) is 19.6 Å². The molecule has 9 unspecified atom stereocenters. The highest BCUT2D eigenvalue weighted by Gasteiger charge is 2.50. The van der Waals surface area contributed by atoms with Gasteiger partial charge in [0.1, 0.15) is 5.50 Å². The van der Waals surface area contributed by atoms with Crippen LogP contribution in [0.3, 0.4) is 0 Å². The molecule has 1 amide bonds. The quantitative estimate of drug-likeness (QED) is 0.479. The van der Waals surface area contributed by atoms with Gasteiger partial charge in [0.05, 0.1) is 23.3 Å². The number of sulfonamides is 1. The molecule has 0 aromatic rings. The normalized spacial score (nSPS) is 43.3. The van der Waals surface area contributed by atoms with Crippen molar-refractivity contribution in [3.05, 3.63) is 0 Å². The molecule has 3 N–H and O–H groups in total. The second-order valence-electron chi connectivity index (χ2n) is 10.8. The van der Waals surface area contributed by atoms with Gasteiger partial charge < -0.3 is 15.4 Å². The van der Waals surface area contributed by atoms with E-state index in [9.17, 15) is 18.5 Å². The van der Waals surface area contributed by atoms with Crippen molar-refractivity contribution >= 4 is 27.7 Å². The number of carbonyl (C=O) groups excluding carboxylic acids is 1. The van der Waals surface area contributed by atoms with E-state index in [1.165, 1.54) is 0 Å². The van der Waals surface area contributed by atoms with Crippen LogP contribution in [0.25, 0.3) is 0 Å².